The molecular weight excluding hydrogens is 276 g/mol. The molecule has 3 N–H and O–H groups in total. The zero-order valence-corrected chi connectivity index (χ0v) is 12.6. The van der Waals surface area contributed by atoms with Gasteiger partial charge in [0.15, 0.2) is 0 Å². The maximum Gasteiger partial charge on any atom is 0.320 e. The third-order valence-electron chi connectivity index (χ3n) is 3.57. The number of urea groups is 1. The standard InChI is InChI=1S/C17H20N4O/c1-2-12-3-5-13(6-4-12)19-15-9-10-16(18-11-15)21-17(22)20-14-7-8-14/h3-6,9-11,14,19H,2,7-8H2,1H3,(H2,18,20,21,22). The van der Waals surface area contributed by atoms with E-state index in [1.165, 1.54) is 5.56 Å². The van der Waals surface area contributed by atoms with E-state index < -0.39 is 0 Å². The normalized spacial score (nSPS) is 13.5. The SMILES string of the molecule is CCc1ccc(Nc2ccc(NC(=O)NC3CC3)nc2)cc1. The molecule has 0 unspecified atom stereocenters. The molecule has 1 aromatic heterocycles. The zero-order chi connectivity index (χ0) is 15.4. The van der Waals surface area contributed by atoms with Crippen LogP contribution in [0.15, 0.2) is 42.6 Å². The molecule has 2 aromatic rings. The molecule has 1 aromatic carbocycles. The Morgan fingerprint density at radius 2 is 1.86 bits per heavy atom. The highest BCUT2D eigenvalue weighted by molar-refractivity contribution is 5.88. The number of carbonyl (C=O) groups excluding carboxylic acids is 1. The summed E-state index contributed by atoms with van der Waals surface area (Å²) in [5.74, 6) is 0.546. The molecule has 1 aliphatic carbocycles. The lowest BCUT2D eigenvalue weighted by Crippen LogP contribution is -2.30. The van der Waals surface area contributed by atoms with Crippen LogP contribution in [-0.4, -0.2) is 17.1 Å². The highest BCUT2D eigenvalue weighted by Crippen LogP contribution is 2.19. The monoisotopic (exact) mass is 296 g/mol. The Balaban J connectivity index is 1.56. The van der Waals surface area contributed by atoms with Gasteiger partial charge in [-0.1, -0.05) is 19.1 Å². The van der Waals surface area contributed by atoms with Crippen LogP contribution in [0.4, 0.5) is 22.0 Å². The van der Waals surface area contributed by atoms with E-state index in [9.17, 15) is 4.79 Å². The van der Waals surface area contributed by atoms with Crippen molar-refractivity contribution in [1.82, 2.24) is 10.3 Å². The number of hydrogen-bond acceptors (Lipinski definition) is 3. The third kappa shape index (κ3) is 3.97. The lowest BCUT2D eigenvalue weighted by molar-refractivity contribution is 0.251. The number of rotatable bonds is 5. The number of benzene rings is 1. The third-order valence-corrected chi connectivity index (χ3v) is 3.57. The molecular formula is C17H20N4O. The second-order valence-corrected chi connectivity index (χ2v) is 5.48. The average Bonchev–Trinajstić information content (AvgIpc) is 3.34. The van der Waals surface area contributed by atoms with Crippen molar-refractivity contribution in [2.24, 2.45) is 0 Å². The Kier molecular flexibility index (Phi) is 4.23. The predicted molar refractivity (Wildman–Crippen MR) is 88.5 cm³/mol. The number of amides is 2. The Morgan fingerprint density at radius 3 is 2.45 bits per heavy atom. The topological polar surface area (TPSA) is 66.0 Å². The van der Waals surface area contributed by atoms with Gasteiger partial charge in [-0.05, 0) is 49.1 Å². The van der Waals surface area contributed by atoms with Crippen LogP contribution in [0.2, 0.25) is 0 Å². The number of aryl methyl sites for hydroxylation is 1. The summed E-state index contributed by atoms with van der Waals surface area (Å²) in [7, 11) is 0. The largest absolute Gasteiger partial charge is 0.354 e. The lowest BCUT2D eigenvalue weighted by Gasteiger charge is -2.09. The highest BCUT2D eigenvalue weighted by Gasteiger charge is 2.23. The van der Waals surface area contributed by atoms with Gasteiger partial charge in [0.1, 0.15) is 5.82 Å². The van der Waals surface area contributed by atoms with E-state index in [0.29, 0.717) is 11.9 Å². The Bertz CT molecular complexity index is 633. The molecule has 5 nitrogen and oxygen atoms in total. The summed E-state index contributed by atoms with van der Waals surface area (Å²) in [5.41, 5.74) is 3.22. The first-order chi connectivity index (χ1) is 10.7. The van der Waals surface area contributed by atoms with Crippen molar-refractivity contribution in [2.45, 2.75) is 32.2 Å². The molecule has 1 fully saturated rings. The first kappa shape index (κ1) is 14.4. The molecule has 1 aliphatic rings. The molecule has 22 heavy (non-hydrogen) atoms. The zero-order valence-electron chi connectivity index (χ0n) is 12.6. The number of carbonyl (C=O) groups is 1. The maximum absolute atomic E-state index is 11.6. The predicted octanol–water partition coefficient (Wildman–Crippen LogP) is 3.67. The van der Waals surface area contributed by atoms with Crippen LogP contribution in [-0.2, 0) is 6.42 Å². The summed E-state index contributed by atoms with van der Waals surface area (Å²) >= 11 is 0. The molecule has 3 rings (SSSR count). The molecule has 1 heterocycles. The van der Waals surface area contributed by atoms with Crippen LogP contribution >= 0.6 is 0 Å². The second kappa shape index (κ2) is 6.47. The Hall–Kier alpha value is -2.56. The fourth-order valence-electron chi connectivity index (χ4n) is 2.10. The molecule has 0 atom stereocenters. The van der Waals surface area contributed by atoms with Crippen LogP contribution in [0, 0.1) is 0 Å². The van der Waals surface area contributed by atoms with E-state index in [1.807, 2.05) is 18.2 Å². The van der Waals surface area contributed by atoms with Crippen molar-refractivity contribution in [1.29, 1.82) is 0 Å². The van der Waals surface area contributed by atoms with E-state index in [-0.39, 0.29) is 6.03 Å². The number of nitrogens with zero attached hydrogens (tertiary/aromatic N) is 1. The van der Waals surface area contributed by atoms with Gasteiger partial charge in [0.05, 0.1) is 11.9 Å². The van der Waals surface area contributed by atoms with Gasteiger partial charge < -0.3 is 10.6 Å². The van der Waals surface area contributed by atoms with Crippen molar-refractivity contribution >= 4 is 23.2 Å². The lowest BCUT2D eigenvalue weighted by atomic mass is 10.1. The quantitative estimate of drug-likeness (QED) is 0.788. The molecule has 114 valence electrons. The first-order valence-corrected chi connectivity index (χ1v) is 7.62. The van der Waals surface area contributed by atoms with E-state index >= 15 is 0 Å². The van der Waals surface area contributed by atoms with Crippen molar-refractivity contribution in [3.8, 4) is 0 Å². The van der Waals surface area contributed by atoms with Crippen LogP contribution in [0.25, 0.3) is 0 Å². The number of pyridine rings is 1. The second-order valence-electron chi connectivity index (χ2n) is 5.48. The van der Waals surface area contributed by atoms with E-state index in [0.717, 1.165) is 30.6 Å². The molecule has 0 bridgehead atoms. The van der Waals surface area contributed by atoms with Crippen molar-refractivity contribution < 1.29 is 4.79 Å². The summed E-state index contributed by atoms with van der Waals surface area (Å²) in [6, 6.07) is 12.1. The number of anilines is 3. The van der Waals surface area contributed by atoms with Gasteiger partial charge in [0.2, 0.25) is 0 Å². The fraction of sp³-hybridized carbons (Fsp3) is 0.294. The van der Waals surface area contributed by atoms with Gasteiger partial charge in [-0.3, -0.25) is 5.32 Å². The maximum atomic E-state index is 11.6. The van der Waals surface area contributed by atoms with Crippen molar-refractivity contribution in [2.75, 3.05) is 10.6 Å². The van der Waals surface area contributed by atoms with Crippen LogP contribution in [0.3, 0.4) is 0 Å². The van der Waals surface area contributed by atoms with Gasteiger partial charge in [0.25, 0.3) is 0 Å². The molecule has 1 saturated carbocycles. The summed E-state index contributed by atoms with van der Waals surface area (Å²) in [4.78, 5) is 15.9. The van der Waals surface area contributed by atoms with Crippen molar-refractivity contribution in [3.63, 3.8) is 0 Å². The van der Waals surface area contributed by atoms with Crippen LogP contribution < -0.4 is 16.0 Å². The summed E-state index contributed by atoms with van der Waals surface area (Å²) in [6.45, 7) is 2.14. The van der Waals surface area contributed by atoms with Crippen molar-refractivity contribution in [3.05, 3.63) is 48.2 Å². The fourth-order valence-corrected chi connectivity index (χ4v) is 2.10. The number of nitrogens with one attached hydrogen (secondary N) is 3. The minimum atomic E-state index is -0.189. The summed E-state index contributed by atoms with van der Waals surface area (Å²) in [5, 5.41) is 8.88. The van der Waals surface area contributed by atoms with E-state index in [4.69, 9.17) is 0 Å². The van der Waals surface area contributed by atoms with Gasteiger partial charge in [-0.2, -0.15) is 0 Å². The molecule has 0 spiro atoms. The van der Waals surface area contributed by atoms with E-state index in [1.54, 1.807) is 12.3 Å². The Labute approximate surface area is 130 Å². The van der Waals surface area contributed by atoms with Gasteiger partial charge >= 0.3 is 6.03 Å². The Morgan fingerprint density at radius 1 is 1.14 bits per heavy atom. The molecule has 0 aliphatic heterocycles. The summed E-state index contributed by atoms with van der Waals surface area (Å²) in [6.07, 6.45) is 4.88. The van der Waals surface area contributed by atoms with Gasteiger partial charge in [-0.25, -0.2) is 9.78 Å². The van der Waals surface area contributed by atoms with Crippen LogP contribution in [0.1, 0.15) is 25.3 Å². The van der Waals surface area contributed by atoms with Gasteiger partial charge in [0, 0.05) is 11.7 Å². The minimum absolute atomic E-state index is 0.189. The average molecular weight is 296 g/mol. The molecule has 0 saturated heterocycles. The minimum Gasteiger partial charge on any atom is -0.354 e. The molecule has 2 amide bonds. The molecule has 5 heteroatoms. The number of hydrogen-bond donors (Lipinski definition) is 3. The first-order valence-electron chi connectivity index (χ1n) is 7.62. The van der Waals surface area contributed by atoms with E-state index in [2.05, 4.69) is 40.0 Å². The summed E-state index contributed by atoms with van der Waals surface area (Å²) < 4.78 is 0. The molecule has 0 radical (unpaired) electrons. The van der Waals surface area contributed by atoms with Gasteiger partial charge in [-0.15, -0.1) is 0 Å². The van der Waals surface area contributed by atoms with Crippen LogP contribution in [0.5, 0.6) is 0 Å². The highest BCUT2D eigenvalue weighted by atomic mass is 16.2. The smallest absolute Gasteiger partial charge is 0.320 e. The number of aromatic nitrogens is 1.